The predicted molar refractivity (Wildman–Crippen MR) is 53.2 cm³/mol. The highest BCUT2D eigenvalue weighted by atomic mass is 32.2. The Morgan fingerprint density at radius 2 is 2.47 bits per heavy atom. The largest absolute Gasteiger partial charge is 0.284 e. The molecular weight excluding hydrogens is 216 g/mol. The lowest BCUT2D eigenvalue weighted by atomic mass is 10.2. The van der Waals surface area contributed by atoms with Crippen LogP contribution < -0.4 is 4.72 Å². The lowest BCUT2D eigenvalue weighted by Gasteiger charge is -2.12. The number of aromatic amines is 1. The van der Waals surface area contributed by atoms with E-state index in [4.69, 9.17) is 5.26 Å². The van der Waals surface area contributed by atoms with Crippen molar-refractivity contribution < 1.29 is 8.42 Å². The van der Waals surface area contributed by atoms with E-state index in [1.165, 1.54) is 12.4 Å². The van der Waals surface area contributed by atoms with E-state index in [9.17, 15) is 8.42 Å². The van der Waals surface area contributed by atoms with Gasteiger partial charge in [-0.2, -0.15) is 10.4 Å². The van der Waals surface area contributed by atoms with Gasteiger partial charge in [-0.3, -0.25) is 5.10 Å². The van der Waals surface area contributed by atoms with E-state index in [1.807, 2.05) is 13.0 Å². The molecule has 1 aromatic rings. The fourth-order valence-electron chi connectivity index (χ4n) is 1.05. The molecule has 0 fully saturated rings. The van der Waals surface area contributed by atoms with Gasteiger partial charge in [0, 0.05) is 12.2 Å². The van der Waals surface area contributed by atoms with Gasteiger partial charge in [-0.1, -0.05) is 6.92 Å². The fourth-order valence-corrected chi connectivity index (χ4v) is 2.28. The topological polar surface area (TPSA) is 98.6 Å². The van der Waals surface area contributed by atoms with E-state index in [1.54, 1.807) is 0 Å². The summed E-state index contributed by atoms with van der Waals surface area (Å²) < 4.78 is 25.7. The van der Waals surface area contributed by atoms with Crippen molar-refractivity contribution in [3.63, 3.8) is 0 Å². The van der Waals surface area contributed by atoms with Crippen LogP contribution in [0.25, 0.3) is 0 Å². The third-order valence-electron chi connectivity index (χ3n) is 1.94. The molecule has 0 saturated carbocycles. The van der Waals surface area contributed by atoms with E-state index in [0.717, 1.165) is 0 Å². The van der Waals surface area contributed by atoms with Crippen LogP contribution in [0.4, 0.5) is 0 Å². The third-order valence-corrected chi connectivity index (χ3v) is 3.42. The summed E-state index contributed by atoms with van der Waals surface area (Å²) in [4.78, 5) is 0.0823. The molecule has 0 spiro atoms. The van der Waals surface area contributed by atoms with Gasteiger partial charge in [-0.25, -0.2) is 13.1 Å². The zero-order chi connectivity index (χ0) is 11.3. The standard InChI is InChI=1S/C8H12N4O2S/c1-2-7(3-4-9)12-15(13,14)8-5-10-11-6-8/h5-7,12H,2-3H2,1H3,(H,10,11). The van der Waals surface area contributed by atoms with Crippen LogP contribution in [0.3, 0.4) is 0 Å². The minimum atomic E-state index is -3.55. The van der Waals surface area contributed by atoms with Gasteiger partial charge in [-0.05, 0) is 6.42 Å². The molecule has 6 nitrogen and oxygen atoms in total. The Bertz CT molecular complexity index is 432. The van der Waals surface area contributed by atoms with Crippen molar-refractivity contribution in [2.24, 2.45) is 0 Å². The molecule has 0 amide bonds. The van der Waals surface area contributed by atoms with Gasteiger partial charge in [0.05, 0.1) is 18.7 Å². The molecule has 0 aliphatic carbocycles. The summed E-state index contributed by atoms with van der Waals surface area (Å²) in [5, 5.41) is 14.5. The first-order valence-corrected chi connectivity index (χ1v) is 5.96. The maximum Gasteiger partial charge on any atom is 0.243 e. The summed E-state index contributed by atoms with van der Waals surface area (Å²) in [5.74, 6) is 0. The number of nitrogens with one attached hydrogen (secondary N) is 2. The minimum Gasteiger partial charge on any atom is -0.284 e. The SMILES string of the molecule is CCC(CC#N)NS(=O)(=O)c1cn[nH]c1. The Balaban J connectivity index is 2.77. The predicted octanol–water partition coefficient (Wildman–Crippen LogP) is 0.380. The van der Waals surface area contributed by atoms with Crippen LogP contribution in [0.15, 0.2) is 17.3 Å². The van der Waals surface area contributed by atoms with Crippen LogP contribution in [0.2, 0.25) is 0 Å². The number of sulfonamides is 1. The Morgan fingerprint density at radius 1 is 1.73 bits per heavy atom. The van der Waals surface area contributed by atoms with E-state index in [2.05, 4.69) is 14.9 Å². The molecule has 0 bridgehead atoms. The van der Waals surface area contributed by atoms with Crippen molar-refractivity contribution in [2.45, 2.75) is 30.7 Å². The number of nitriles is 1. The van der Waals surface area contributed by atoms with Gasteiger partial charge in [0.15, 0.2) is 0 Å². The van der Waals surface area contributed by atoms with Gasteiger partial charge in [0.1, 0.15) is 4.90 Å². The quantitative estimate of drug-likeness (QED) is 0.761. The van der Waals surface area contributed by atoms with Crippen LogP contribution in [0.5, 0.6) is 0 Å². The highest BCUT2D eigenvalue weighted by molar-refractivity contribution is 7.89. The summed E-state index contributed by atoms with van der Waals surface area (Å²) in [6.45, 7) is 1.82. The Hall–Kier alpha value is -1.39. The van der Waals surface area contributed by atoms with Crippen molar-refractivity contribution in [3.05, 3.63) is 12.4 Å². The molecule has 0 aromatic carbocycles. The molecule has 82 valence electrons. The summed E-state index contributed by atoms with van der Waals surface area (Å²) >= 11 is 0. The van der Waals surface area contributed by atoms with E-state index in [-0.39, 0.29) is 17.4 Å². The molecule has 1 aromatic heterocycles. The number of H-pyrrole nitrogens is 1. The Labute approximate surface area is 88.4 Å². The molecular formula is C8H12N4O2S. The Kier molecular flexibility index (Phi) is 3.82. The molecule has 0 radical (unpaired) electrons. The maximum absolute atomic E-state index is 11.7. The van der Waals surface area contributed by atoms with E-state index >= 15 is 0 Å². The first-order chi connectivity index (χ1) is 7.10. The summed E-state index contributed by atoms with van der Waals surface area (Å²) in [6.07, 6.45) is 3.25. The van der Waals surface area contributed by atoms with Crippen molar-refractivity contribution >= 4 is 10.0 Å². The van der Waals surface area contributed by atoms with Gasteiger partial charge in [0.25, 0.3) is 0 Å². The second-order valence-corrected chi connectivity index (χ2v) is 4.74. The number of nitrogens with zero attached hydrogens (tertiary/aromatic N) is 2. The van der Waals surface area contributed by atoms with Crippen LogP contribution >= 0.6 is 0 Å². The molecule has 1 rings (SSSR count). The first-order valence-electron chi connectivity index (χ1n) is 4.48. The minimum absolute atomic E-state index is 0.0823. The third kappa shape index (κ3) is 3.04. The highest BCUT2D eigenvalue weighted by Gasteiger charge is 2.19. The number of hydrogen-bond donors (Lipinski definition) is 2. The molecule has 1 atom stereocenters. The number of hydrogen-bond acceptors (Lipinski definition) is 4. The molecule has 0 aliphatic heterocycles. The molecule has 2 N–H and O–H groups in total. The van der Waals surface area contributed by atoms with Crippen molar-refractivity contribution in [2.75, 3.05) is 0 Å². The second kappa shape index (κ2) is 4.91. The Morgan fingerprint density at radius 3 is 2.93 bits per heavy atom. The van der Waals surface area contributed by atoms with Gasteiger partial charge < -0.3 is 0 Å². The maximum atomic E-state index is 11.7. The van der Waals surface area contributed by atoms with Crippen molar-refractivity contribution in [1.82, 2.24) is 14.9 Å². The first kappa shape index (κ1) is 11.7. The van der Waals surface area contributed by atoms with Crippen LogP contribution in [-0.4, -0.2) is 24.7 Å². The fraction of sp³-hybridized carbons (Fsp3) is 0.500. The zero-order valence-electron chi connectivity index (χ0n) is 8.27. The summed E-state index contributed by atoms with van der Waals surface area (Å²) in [6, 6.07) is 1.58. The van der Waals surface area contributed by atoms with E-state index in [0.29, 0.717) is 6.42 Å². The lowest BCUT2D eigenvalue weighted by Crippen LogP contribution is -2.33. The van der Waals surface area contributed by atoms with Gasteiger partial charge in [-0.15, -0.1) is 0 Å². The molecule has 1 heterocycles. The van der Waals surface area contributed by atoms with Crippen molar-refractivity contribution in [3.8, 4) is 6.07 Å². The van der Waals surface area contributed by atoms with Crippen LogP contribution in [0.1, 0.15) is 19.8 Å². The van der Waals surface area contributed by atoms with Gasteiger partial charge in [0.2, 0.25) is 10.0 Å². The monoisotopic (exact) mass is 228 g/mol. The highest BCUT2D eigenvalue weighted by Crippen LogP contribution is 2.07. The summed E-state index contributed by atoms with van der Waals surface area (Å²) in [7, 11) is -3.55. The van der Waals surface area contributed by atoms with E-state index < -0.39 is 10.0 Å². The van der Waals surface area contributed by atoms with Crippen LogP contribution in [0, 0.1) is 11.3 Å². The number of aromatic nitrogens is 2. The smallest absolute Gasteiger partial charge is 0.243 e. The number of rotatable bonds is 5. The molecule has 1 unspecified atom stereocenters. The second-order valence-electron chi connectivity index (χ2n) is 3.02. The average molecular weight is 228 g/mol. The summed E-state index contributed by atoms with van der Waals surface area (Å²) in [5.41, 5.74) is 0. The normalized spacial score (nSPS) is 13.3. The van der Waals surface area contributed by atoms with Crippen LogP contribution in [-0.2, 0) is 10.0 Å². The van der Waals surface area contributed by atoms with Gasteiger partial charge >= 0.3 is 0 Å². The molecule has 0 saturated heterocycles. The lowest BCUT2D eigenvalue weighted by molar-refractivity contribution is 0.543. The van der Waals surface area contributed by atoms with Crippen molar-refractivity contribution in [1.29, 1.82) is 5.26 Å². The average Bonchev–Trinajstić information content (AvgIpc) is 2.70. The zero-order valence-corrected chi connectivity index (χ0v) is 9.08. The molecule has 0 aliphatic rings. The molecule has 7 heteroatoms. The molecule has 15 heavy (non-hydrogen) atoms.